The summed E-state index contributed by atoms with van der Waals surface area (Å²) >= 11 is 0. The molecule has 12 heavy (non-hydrogen) atoms. The zero-order valence-corrected chi connectivity index (χ0v) is 6.47. The summed E-state index contributed by atoms with van der Waals surface area (Å²) in [6.07, 6.45) is 0. The Balaban J connectivity index is 3.05. The summed E-state index contributed by atoms with van der Waals surface area (Å²) < 4.78 is 12.6. The van der Waals surface area contributed by atoms with Gasteiger partial charge in [0.2, 0.25) is 0 Å². The molecule has 0 spiro atoms. The molecular weight excluding hydrogens is 155 g/mol. The fraction of sp³-hybridized carbons (Fsp3) is 0.111. The third-order valence-corrected chi connectivity index (χ3v) is 1.34. The van der Waals surface area contributed by atoms with Crippen molar-refractivity contribution in [2.75, 3.05) is 12.3 Å². The number of rotatable bonds is 0. The van der Waals surface area contributed by atoms with Crippen LogP contribution in [-0.4, -0.2) is 6.54 Å². The van der Waals surface area contributed by atoms with E-state index in [1.165, 1.54) is 18.2 Å². The first-order chi connectivity index (χ1) is 5.74. The Kier molecular flexibility index (Phi) is 2.67. The van der Waals surface area contributed by atoms with E-state index in [4.69, 9.17) is 11.5 Å². The van der Waals surface area contributed by atoms with Crippen molar-refractivity contribution in [1.82, 2.24) is 0 Å². The van der Waals surface area contributed by atoms with Crippen LogP contribution < -0.4 is 11.5 Å². The molecule has 0 unspecified atom stereocenters. The molecule has 0 radical (unpaired) electrons. The van der Waals surface area contributed by atoms with Gasteiger partial charge in [0.1, 0.15) is 5.82 Å². The molecule has 1 aromatic carbocycles. The van der Waals surface area contributed by atoms with Gasteiger partial charge in [-0.15, -0.1) is 0 Å². The van der Waals surface area contributed by atoms with Gasteiger partial charge >= 0.3 is 0 Å². The molecule has 0 fully saturated rings. The summed E-state index contributed by atoms with van der Waals surface area (Å²) in [5, 5.41) is 0. The number of benzene rings is 1. The molecule has 0 atom stereocenters. The SMILES string of the molecule is NCC#Cc1cc(F)ccc1N. The van der Waals surface area contributed by atoms with Crippen molar-refractivity contribution in [1.29, 1.82) is 0 Å². The topological polar surface area (TPSA) is 52.0 Å². The van der Waals surface area contributed by atoms with Crippen LogP contribution in [0.1, 0.15) is 5.56 Å². The second-order valence-electron chi connectivity index (χ2n) is 2.24. The van der Waals surface area contributed by atoms with Gasteiger partial charge in [-0.25, -0.2) is 4.39 Å². The molecule has 1 rings (SSSR count). The number of hydrogen-bond donors (Lipinski definition) is 2. The zero-order valence-electron chi connectivity index (χ0n) is 6.47. The van der Waals surface area contributed by atoms with E-state index >= 15 is 0 Å². The van der Waals surface area contributed by atoms with Crippen molar-refractivity contribution >= 4 is 5.69 Å². The van der Waals surface area contributed by atoms with Gasteiger partial charge in [0.15, 0.2) is 0 Å². The monoisotopic (exact) mass is 164 g/mol. The minimum Gasteiger partial charge on any atom is -0.398 e. The molecule has 0 saturated carbocycles. The average molecular weight is 164 g/mol. The maximum Gasteiger partial charge on any atom is 0.124 e. The van der Waals surface area contributed by atoms with Gasteiger partial charge in [0.05, 0.1) is 12.1 Å². The number of halogens is 1. The summed E-state index contributed by atoms with van der Waals surface area (Å²) in [5.74, 6) is 4.94. The fourth-order valence-corrected chi connectivity index (χ4v) is 0.783. The van der Waals surface area contributed by atoms with Crippen molar-refractivity contribution < 1.29 is 4.39 Å². The quantitative estimate of drug-likeness (QED) is 0.438. The summed E-state index contributed by atoms with van der Waals surface area (Å²) in [5.41, 5.74) is 11.6. The first-order valence-electron chi connectivity index (χ1n) is 3.48. The van der Waals surface area contributed by atoms with E-state index in [0.717, 1.165) is 0 Å². The van der Waals surface area contributed by atoms with Crippen molar-refractivity contribution in [2.45, 2.75) is 0 Å². The molecule has 62 valence electrons. The Morgan fingerprint density at radius 3 is 2.83 bits per heavy atom. The van der Waals surface area contributed by atoms with E-state index in [9.17, 15) is 4.39 Å². The largest absolute Gasteiger partial charge is 0.398 e. The zero-order chi connectivity index (χ0) is 8.97. The lowest BCUT2D eigenvalue weighted by Crippen LogP contribution is -1.95. The van der Waals surface area contributed by atoms with Crippen molar-refractivity contribution in [3.8, 4) is 11.8 Å². The van der Waals surface area contributed by atoms with Crippen molar-refractivity contribution in [2.24, 2.45) is 5.73 Å². The van der Waals surface area contributed by atoms with Gasteiger partial charge in [-0.05, 0) is 18.2 Å². The van der Waals surface area contributed by atoms with Crippen LogP contribution in [0.3, 0.4) is 0 Å². The first kappa shape index (κ1) is 8.57. The van der Waals surface area contributed by atoms with E-state index < -0.39 is 0 Å². The van der Waals surface area contributed by atoms with Crippen LogP contribution in [0.5, 0.6) is 0 Å². The number of hydrogen-bond acceptors (Lipinski definition) is 2. The second kappa shape index (κ2) is 3.74. The molecule has 0 aliphatic rings. The molecule has 2 nitrogen and oxygen atoms in total. The van der Waals surface area contributed by atoms with E-state index in [0.29, 0.717) is 11.3 Å². The average Bonchev–Trinajstić information content (AvgIpc) is 2.07. The highest BCUT2D eigenvalue weighted by Gasteiger charge is 1.96. The third kappa shape index (κ3) is 1.97. The predicted octanol–water partition coefficient (Wildman–Crippen LogP) is 0.718. The van der Waals surface area contributed by atoms with Gasteiger partial charge in [-0.3, -0.25) is 0 Å². The Labute approximate surface area is 70.4 Å². The molecule has 0 bridgehead atoms. The first-order valence-corrected chi connectivity index (χ1v) is 3.48. The summed E-state index contributed by atoms with van der Waals surface area (Å²) in [4.78, 5) is 0. The lowest BCUT2D eigenvalue weighted by atomic mass is 10.2. The minimum absolute atomic E-state index is 0.246. The molecule has 3 heteroatoms. The van der Waals surface area contributed by atoms with Gasteiger partial charge in [-0.1, -0.05) is 11.8 Å². The Morgan fingerprint density at radius 1 is 1.42 bits per heavy atom. The molecule has 0 aliphatic heterocycles. The molecule has 0 aliphatic carbocycles. The maximum atomic E-state index is 12.6. The molecule has 0 heterocycles. The molecular formula is C9H9FN2. The van der Waals surface area contributed by atoms with Crippen molar-refractivity contribution in [3.63, 3.8) is 0 Å². The maximum absolute atomic E-state index is 12.6. The molecule has 4 N–H and O–H groups in total. The van der Waals surface area contributed by atoms with Crippen LogP contribution in [0.4, 0.5) is 10.1 Å². The van der Waals surface area contributed by atoms with E-state index in [1.54, 1.807) is 0 Å². The number of nitrogens with two attached hydrogens (primary N) is 2. The third-order valence-electron chi connectivity index (χ3n) is 1.34. The summed E-state index contributed by atoms with van der Waals surface area (Å²) in [6, 6.07) is 4.07. The highest BCUT2D eigenvalue weighted by molar-refractivity contribution is 5.55. The van der Waals surface area contributed by atoms with Gasteiger partial charge in [0, 0.05) is 5.69 Å². The normalized spacial score (nSPS) is 8.83. The van der Waals surface area contributed by atoms with Crippen LogP contribution in [0.2, 0.25) is 0 Å². The van der Waals surface area contributed by atoms with Crippen LogP contribution in [0, 0.1) is 17.7 Å². The highest BCUT2D eigenvalue weighted by Crippen LogP contribution is 2.11. The van der Waals surface area contributed by atoms with Crippen LogP contribution in [-0.2, 0) is 0 Å². The standard InChI is InChI=1S/C9H9FN2/c10-8-3-4-9(12)7(6-8)2-1-5-11/h3-4,6H,5,11-12H2. The van der Waals surface area contributed by atoms with Crippen LogP contribution >= 0.6 is 0 Å². The van der Waals surface area contributed by atoms with Crippen LogP contribution in [0.25, 0.3) is 0 Å². The van der Waals surface area contributed by atoms with E-state index in [2.05, 4.69) is 11.8 Å². The molecule has 1 aromatic rings. The number of anilines is 1. The Hall–Kier alpha value is -1.53. The van der Waals surface area contributed by atoms with Gasteiger partial charge < -0.3 is 11.5 Å². The Bertz CT molecular complexity index is 336. The minimum atomic E-state index is -0.342. The molecule has 0 amide bonds. The van der Waals surface area contributed by atoms with Crippen molar-refractivity contribution in [3.05, 3.63) is 29.6 Å². The lowest BCUT2D eigenvalue weighted by molar-refractivity contribution is 0.627. The summed E-state index contributed by atoms with van der Waals surface area (Å²) in [6.45, 7) is 0.246. The number of nitrogen functional groups attached to an aromatic ring is 1. The van der Waals surface area contributed by atoms with Gasteiger partial charge in [0.25, 0.3) is 0 Å². The van der Waals surface area contributed by atoms with Gasteiger partial charge in [-0.2, -0.15) is 0 Å². The smallest absolute Gasteiger partial charge is 0.124 e. The lowest BCUT2D eigenvalue weighted by Gasteiger charge is -1.96. The fourth-order valence-electron chi connectivity index (χ4n) is 0.783. The molecule has 0 saturated heterocycles. The molecule has 0 aromatic heterocycles. The second-order valence-corrected chi connectivity index (χ2v) is 2.24. The van der Waals surface area contributed by atoms with Crippen LogP contribution in [0.15, 0.2) is 18.2 Å². The summed E-state index contributed by atoms with van der Waals surface area (Å²) in [7, 11) is 0. The van der Waals surface area contributed by atoms with E-state index in [1.807, 2.05) is 0 Å². The predicted molar refractivity (Wildman–Crippen MR) is 46.7 cm³/mol. The highest BCUT2D eigenvalue weighted by atomic mass is 19.1. The van der Waals surface area contributed by atoms with E-state index in [-0.39, 0.29) is 12.4 Å². The Morgan fingerprint density at radius 2 is 2.17 bits per heavy atom.